The summed E-state index contributed by atoms with van der Waals surface area (Å²) in [5.74, 6) is -0.164. The maximum atomic E-state index is 12.4. The zero-order valence-electron chi connectivity index (χ0n) is 13.1. The van der Waals surface area contributed by atoms with Gasteiger partial charge in [-0.2, -0.15) is 0 Å². The summed E-state index contributed by atoms with van der Waals surface area (Å²) in [6, 6.07) is 9.44. The van der Waals surface area contributed by atoms with Crippen LogP contribution < -0.4 is 11.1 Å². The van der Waals surface area contributed by atoms with Crippen LogP contribution in [0.1, 0.15) is 31.5 Å². The van der Waals surface area contributed by atoms with E-state index in [1.807, 2.05) is 43.5 Å². The first kappa shape index (κ1) is 15.6. The van der Waals surface area contributed by atoms with Gasteiger partial charge in [-0.25, -0.2) is 4.68 Å². The molecule has 122 valence electrons. The minimum Gasteiger partial charge on any atom is -0.381 e. The van der Waals surface area contributed by atoms with Gasteiger partial charge in [0.25, 0.3) is 0 Å². The van der Waals surface area contributed by atoms with Crippen LogP contribution in [0, 0.1) is 0 Å². The number of nitrogens with zero attached hydrogens (tertiary/aromatic N) is 3. The van der Waals surface area contributed by atoms with E-state index in [0.29, 0.717) is 31.7 Å². The zero-order chi connectivity index (χ0) is 16.3. The van der Waals surface area contributed by atoms with Crippen LogP contribution in [0.25, 0.3) is 5.69 Å². The highest BCUT2D eigenvalue weighted by Crippen LogP contribution is 2.20. The molecule has 0 bridgehead atoms. The highest BCUT2D eigenvalue weighted by Gasteiger charge is 2.36. The van der Waals surface area contributed by atoms with Crippen LogP contribution in [0.4, 0.5) is 0 Å². The van der Waals surface area contributed by atoms with Gasteiger partial charge < -0.3 is 15.8 Å². The van der Waals surface area contributed by atoms with Gasteiger partial charge in [0.05, 0.1) is 23.5 Å². The molecule has 1 unspecified atom stereocenters. The van der Waals surface area contributed by atoms with Crippen LogP contribution in [0.2, 0.25) is 0 Å². The van der Waals surface area contributed by atoms with Crippen molar-refractivity contribution < 1.29 is 9.53 Å². The minimum atomic E-state index is -0.859. The number of hydrogen-bond acceptors (Lipinski definition) is 5. The van der Waals surface area contributed by atoms with E-state index >= 15 is 0 Å². The van der Waals surface area contributed by atoms with Crippen molar-refractivity contribution in [2.45, 2.75) is 31.3 Å². The topological polar surface area (TPSA) is 95.1 Å². The second kappa shape index (κ2) is 6.47. The van der Waals surface area contributed by atoms with Gasteiger partial charge in [-0.05, 0) is 31.9 Å². The lowest BCUT2D eigenvalue weighted by Crippen LogP contribution is -2.57. The summed E-state index contributed by atoms with van der Waals surface area (Å²) < 4.78 is 6.96. The highest BCUT2D eigenvalue weighted by molar-refractivity contribution is 5.86. The lowest BCUT2D eigenvalue weighted by atomic mass is 9.90. The van der Waals surface area contributed by atoms with Crippen LogP contribution in [-0.4, -0.2) is 39.7 Å². The molecule has 1 aliphatic rings. The van der Waals surface area contributed by atoms with Crippen molar-refractivity contribution in [3.05, 3.63) is 42.2 Å². The molecule has 1 atom stereocenters. The molecule has 0 radical (unpaired) electrons. The third kappa shape index (κ3) is 3.40. The van der Waals surface area contributed by atoms with Crippen LogP contribution >= 0.6 is 0 Å². The first-order valence-corrected chi connectivity index (χ1v) is 7.74. The van der Waals surface area contributed by atoms with Crippen molar-refractivity contribution in [1.82, 2.24) is 20.3 Å². The number of rotatable bonds is 4. The SMILES string of the molecule is CC(NC(=O)C1(N)CCOCC1)c1cn(-c2ccccc2)nn1. The third-order valence-electron chi connectivity index (χ3n) is 4.16. The van der Waals surface area contributed by atoms with Crippen molar-refractivity contribution >= 4 is 5.91 Å². The average Bonchev–Trinajstić information content (AvgIpc) is 3.06. The lowest BCUT2D eigenvalue weighted by Gasteiger charge is -2.32. The van der Waals surface area contributed by atoms with Crippen LogP contribution in [0.3, 0.4) is 0 Å². The van der Waals surface area contributed by atoms with Crippen molar-refractivity contribution in [2.75, 3.05) is 13.2 Å². The van der Waals surface area contributed by atoms with Gasteiger partial charge in [0, 0.05) is 13.2 Å². The molecule has 7 nitrogen and oxygen atoms in total. The second-order valence-electron chi connectivity index (χ2n) is 5.89. The van der Waals surface area contributed by atoms with Crippen molar-refractivity contribution in [3.63, 3.8) is 0 Å². The van der Waals surface area contributed by atoms with E-state index in [4.69, 9.17) is 10.5 Å². The number of amides is 1. The number of para-hydroxylation sites is 1. The molecule has 0 saturated carbocycles. The van der Waals surface area contributed by atoms with Gasteiger partial charge in [0.2, 0.25) is 5.91 Å². The lowest BCUT2D eigenvalue weighted by molar-refractivity contribution is -0.130. The Kier molecular flexibility index (Phi) is 4.40. The van der Waals surface area contributed by atoms with E-state index in [9.17, 15) is 4.79 Å². The Morgan fingerprint density at radius 3 is 2.74 bits per heavy atom. The molecule has 23 heavy (non-hydrogen) atoms. The standard InChI is InChI=1S/C16H21N5O2/c1-12(18-15(22)16(17)7-9-23-10-8-16)14-11-21(20-19-14)13-5-3-2-4-6-13/h2-6,11-12H,7-10,17H2,1H3,(H,18,22). The number of nitrogens with one attached hydrogen (secondary N) is 1. The number of carbonyl (C=O) groups excluding carboxylic acids is 1. The fourth-order valence-corrected chi connectivity index (χ4v) is 2.56. The number of carbonyl (C=O) groups is 1. The predicted molar refractivity (Wildman–Crippen MR) is 84.9 cm³/mol. The first-order valence-electron chi connectivity index (χ1n) is 7.74. The molecule has 7 heteroatoms. The van der Waals surface area contributed by atoms with Gasteiger partial charge in [0.1, 0.15) is 5.69 Å². The van der Waals surface area contributed by atoms with E-state index in [0.717, 1.165) is 5.69 Å². The number of ether oxygens (including phenoxy) is 1. The molecule has 0 spiro atoms. The van der Waals surface area contributed by atoms with Crippen LogP contribution in [-0.2, 0) is 9.53 Å². The number of hydrogen-bond donors (Lipinski definition) is 2. The van der Waals surface area contributed by atoms with Crippen LogP contribution in [0.5, 0.6) is 0 Å². The molecule has 2 heterocycles. The maximum absolute atomic E-state index is 12.4. The quantitative estimate of drug-likeness (QED) is 0.876. The monoisotopic (exact) mass is 315 g/mol. The van der Waals surface area contributed by atoms with Gasteiger partial charge >= 0.3 is 0 Å². The molecule has 3 rings (SSSR count). The van der Waals surface area contributed by atoms with Gasteiger partial charge in [-0.3, -0.25) is 4.79 Å². The summed E-state index contributed by atoms with van der Waals surface area (Å²) in [7, 11) is 0. The van der Waals surface area contributed by atoms with Gasteiger partial charge in [0.15, 0.2) is 0 Å². The summed E-state index contributed by atoms with van der Waals surface area (Å²) in [4.78, 5) is 12.4. The molecule has 1 aromatic heterocycles. The zero-order valence-corrected chi connectivity index (χ0v) is 13.1. The summed E-state index contributed by atoms with van der Waals surface area (Å²) in [6.07, 6.45) is 2.87. The Morgan fingerprint density at radius 2 is 2.04 bits per heavy atom. The van der Waals surface area contributed by atoms with Crippen molar-refractivity contribution in [3.8, 4) is 5.69 Å². The van der Waals surface area contributed by atoms with E-state index in [1.54, 1.807) is 4.68 Å². The number of aromatic nitrogens is 3. The Morgan fingerprint density at radius 1 is 1.35 bits per heavy atom. The molecular weight excluding hydrogens is 294 g/mol. The normalized spacial score (nSPS) is 18.3. The van der Waals surface area contributed by atoms with E-state index in [-0.39, 0.29) is 11.9 Å². The smallest absolute Gasteiger partial charge is 0.240 e. The summed E-state index contributed by atoms with van der Waals surface area (Å²) in [5, 5.41) is 11.2. The fraction of sp³-hybridized carbons (Fsp3) is 0.438. The van der Waals surface area contributed by atoms with Crippen molar-refractivity contribution in [1.29, 1.82) is 0 Å². The summed E-state index contributed by atoms with van der Waals surface area (Å²) in [5.41, 5.74) is 6.95. The summed E-state index contributed by atoms with van der Waals surface area (Å²) in [6.45, 7) is 2.91. The molecule has 3 N–H and O–H groups in total. The maximum Gasteiger partial charge on any atom is 0.240 e. The Labute approximate surface area is 134 Å². The van der Waals surface area contributed by atoms with Crippen molar-refractivity contribution in [2.24, 2.45) is 5.73 Å². The Hall–Kier alpha value is -2.25. The largest absolute Gasteiger partial charge is 0.381 e. The van der Waals surface area contributed by atoms with E-state index < -0.39 is 5.54 Å². The molecule has 1 aromatic carbocycles. The molecular formula is C16H21N5O2. The van der Waals surface area contributed by atoms with Crippen LogP contribution in [0.15, 0.2) is 36.5 Å². The first-order chi connectivity index (χ1) is 11.1. The summed E-state index contributed by atoms with van der Waals surface area (Å²) >= 11 is 0. The Balaban J connectivity index is 1.68. The predicted octanol–water partition coefficient (Wildman–Crippen LogP) is 0.952. The molecule has 1 fully saturated rings. The second-order valence-corrected chi connectivity index (χ2v) is 5.89. The fourth-order valence-electron chi connectivity index (χ4n) is 2.56. The van der Waals surface area contributed by atoms with Gasteiger partial charge in [-0.1, -0.05) is 23.4 Å². The molecule has 1 aliphatic heterocycles. The van der Waals surface area contributed by atoms with Gasteiger partial charge in [-0.15, -0.1) is 5.10 Å². The average molecular weight is 315 g/mol. The molecule has 2 aromatic rings. The van der Waals surface area contributed by atoms with E-state index in [2.05, 4.69) is 15.6 Å². The Bertz CT molecular complexity index is 664. The number of benzene rings is 1. The molecule has 1 saturated heterocycles. The molecule has 0 aliphatic carbocycles. The minimum absolute atomic E-state index is 0.164. The molecule has 1 amide bonds. The highest BCUT2D eigenvalue weighted by atomic mass is 16.5. The number of nitrogens with two attached hydrogens (primary N) is 1. The third-order valence-corrected chi connectivity index (χ3v) is 4.16. The van der Waals surface area contributed by atoms with E-state index in [1.165, 1.54) is 0 Å².